The number of amides is 1. The molecule has 0 aromatic heterocycles. The largest absolute Gasteiger partial charge is 0.354 e. The number of halogens is 1. The van der Waals surface area contributed by atoms with Crippen molar-refractivity contribution in [1.82, 2.24) is 10.2 Å². The molecule has 1 aromatic rings. The first-order valence-corrected chi connectivity index (χ1v) is 8.59. The lowest BCUT2D eigenvalue weighted by Crippen LogP contribution is -2.57. The van der Waals surface area contributed by atoms with Gasteiger partial charge in [0.2, 0.25) is 5.91 Å². The van der Waals surface area contributed by atoms with Crippen LogP contribution in [0.5, 0.6) is 0 Å². The van der Waals surface area contributed by atoms with Crippen molar-refractivity contribution in [1.29, 1.82) is 0 Å². The maximum absolute atomic E-state index is 13.0. The monoisotopic (exact) mass is 320 g/mol. The van der Waals surface area contributed by atoms with Crippen LogP contribution >= 0.6 is 0 Å². The number of nitrogens with one attached hydrogen (secondary N) is 1. The van der Waals surface area contributed by atoms with Gasteiger partial charge in [-0.1, -0.05) is 26.0 Å². The molecular weight excluding hydrogens is 291 g/mol. The van der Waals surface area contributed by atoms with Gasteiger partial charge in [-0.05, 0) is 69.3 Å². The molecule has 4 heteroatoms. The lowest BCUT2D eigenvalue weighted by atomic mass is 9.87. The van der Waals surface area contributed by atoms with E-state index < -0.39 is 5.54 Å². The van der Waals surface area contributed by atoms with Crippen molar-refractivity contribution in [3.05, 3.63) is 35.6 Å². The van der Waals surface area contributed by atoms with E-state index in [1.54, 1.807) is 0 Å². The van der Waals surface area contributed by atoms with Crippen LogP contribution in [0.1, 0.15) is 52.0 Å². The Morgan fingerprint density at radius 3 is 2.35 bits per heavy atom. The van der Waals surface area contributed by atoms with Crippen molar-refractivity contribution in [2.45, 2.75) is 52.0 Å². The maximum Gasteiger partial charge on any atom is 0.239 e. The highest BCUT2D eigenvalue weighted by Crippen LogP contribution is 2.31. The first-order valence-electron chi connectivity index (χ1n) is 8.59. The second kappa shape index (κ2) is 7.43. The van der Waals surface area contributed by atoms with Crippen LogP contribution in [0.25, 0.3) is 0 Å². The third-order valence-electron chi connectivity index (χ3n) is 4.85. The van der Waals surface area contributed by atoms with Crippen molar-refractivity contribution < 1.29 is 9.18 Å². The van der Waals surface area contributed by atoms with Crippen LogP contribution in [0, 0.1) is 11.7 Å². The Kier molecular flexibility index (Phi) is 5.79. The Morgan fingerprint density at radius 1 is 1.26 bits per heavy atom. The average molecular weight is 320 g/mol. The van der Waals surface area contributed by atoms with E-state index in [9.17, 15) is 9.18 Å². The van der Waals surface area contributed by atoms with E-state index in [2.05, 4.69) is 24.1 Å². The molecule has 1 N–H and O–H groups in total. The predicted octanol–water partition coefficient (Wildman–Crippen LogP) is 3.56. The summed E-state index contributed by atoms with van der Waals surface area (Å²) < 4.78 is 13.0. The third kappa shape index (κ3) is 4.54. The first-order chi connectivity index (χ1) is 10.8. The van der Waals surface area contributed by atoms with Crippen molar-refractivity contribution in [3.8, 4) is 0 Å². The Labute approximate surface area is 139 Å². The highest BCUT2D eigenvalue weighted by molar-refractivity contribution is 5.85. The normalized spacial score (nSPS) is 17.5. The summed E-state index contributed by atoms with van der Waals surface area (Å²) in [5.74, 6) is 0.834. The minimum absolute atomic E-state index is 0.103. The van der Waals surface area contributed by atoms with Gasteiger partial charge in [0, 0.05) is 6.54 Å². The number of hydrogen-bond acceptors (Lipinski definition) is 2. The fourth-order valence-electron chi connectivity index (χ4n) is 3.16. The highest BCUT2D eigenvalue weighted by atomic mass is 19.1. The van der Waals surface area contributed by atoms with Crippen LogP contribution in [0.2, 0.25) is 0 Å². The van der Waals surface area contributed by atoms with Gasteiger partial charge in [-0.3, -0.25) is 9.69 Å². The van der Waals surface area contributed by atoms with Crippen molar-refractivity contribution in [2.75, 3.05) is 19.6 Å². The van der Waals surface area contributed by atoms with Gasteiger partial charge in [-0.25, -0.2) is 4.39 Å². The topological polar surface area (TPSA) is 32.3 Å². The van der Waals surface area contributed by atoms with Gasteiger partial charge in [0.15, 0.2) is 0 Å². The lowest BCUT2D eigenvalue weighted by Gasteiger charge is -2.42. The summed E-state index contributed by atoms with van der Waals surface area (Å²) in [5.41, 5.74) is 0.718. The molecule has 1 amide bonds. The van der Waals surface area contributed by atoms with Gasteiger partial charge in [0.05, 0.1) is 5.54 Å². The average Bonchev–Trinajstić information content (AvgIpc) is 2.53. The van der Waals surface area contributed by atoms with Crippen LogP contribution in [-0.4, -0.2) is 36.0 Å². The fourth-order valence-corrected chi connectivity index (χ4v) is 3.16. The molecule has 1 aliphatic heterocycles. The molecule has 0 saturated carbocycles. The van der Waals surface area contributed by atoms with Gasteiger partial charge in [-0.15, -0.1) is 0 Å². The number of likely N-dealkylation sites (tertiary alicyclic amines) is 1. The van der Waals surface area contributed by atoms with E-state index in [4.69, 9.17) is 0 Å². The van der Waals surface area contributed by atoms with Crippen LogP contribution in [0.3, 0.4) is 0 Å². The van der Waals surface area contributed by atoms with Crippen LogP contribution < -0.4 is 5.32 Å². The summed E-state index contributed by atoms with van der Waals surface area (Å²) in [6, 6.07) is 6.84. The van der Waals surface area contributed by atoms with Crippen molar-refractivity contribution in [3.63, 3.8) is 0 Å². The molecule has 1 fully saturated rings. The van der Waals surface area contributed by atoms with E-state index >= 15 is 0 Å². The summed E-state index contributed by atoms with van der Waals surface area (Å²) in [6.45, 7) is 10.7. The quantitative estimate of drug-likeness (QED) is 0.900. The molecule has 1 aliphatic rings. The fraction of sp³-hybridized carbons (Fsp3) is 0.632. The van der Waals surface area contributed by atoms with Gasteiger partial charge in [0.25, 0.3) is 0 Å². The Bertz CT molecular complexity index is 517. The molecule has 23 heavy (non-hydrogen) atoms. The molecule has 0 aliphatic carbocycles. The van der Waals surface area contributed by atoms with Crippen LogP contribution in [0.4, 0.5) is 4.39 Å². The highest BCUT2D eigenvalue weighted by Gasteiger charge is 2.36. The molecule has 1 heterocycles. The molecule has 0 unspecified atom stereocenters. The van der Waals surface area contributed by atoms with Crippen molar-refractivity contribution >= 4 is 5.91 Å². The number of carbonyl (C=O) groups excluding carboxylic acids is 1. The van der Waals surface area contributed by atoms with E-state index in [0.717, 1.165) is 25.9 Å². The zero-order valence-corrected chi connectivity index (χ0v) is 14.7. The molecule has 1 aromatic carbocycles. The summed E-state index contributed by atoms with van der Waals surface area (Å²) in [5, 5.41) is 3.05. The third-order valence-corrected chi connectivity index (χ3v) is 4.85. The molecule has 1 saturated heterocycles. The van der Waals surface area contributed by atoms with E-state index in [1.807, 2.05) is 26.0 Å². The molecule has 0 atom stereocenters. The smallest absolute Gasteiger partial charge is 0.239 e. The lowest BCUT2D eigenvalue weighted by molar-refractivity contribution is -0.132. The number of rotatable bonds is 5. The standard InChI is InChI=1S/C19H29FN2O/c1-14(2)13-21-18(23)19(3,4)22-11-9-16(10-12-22)15-5-7-17(20)8-6-15/h5-8,14,16H,9-13H2,1-4H3,(H,21,23). The van der Waals surface area contributed by atoms with Gasteiger partial charge < -0.3 is 5.32 Å². The van der Waals surface area contributed by atoms with Gasteiger partial charge in [-0.2, -0.15) is 0 Å². The number of benzene rings is 1. The van der Waals surface area contributed by atoms with E-state index in [1.165, 1.54) is 17.7 Å². The van der Waals surface area contributed by atoms with Crippen LogP contribution in [0.15, 0.2) is 24.3 Å². The molecule has 2 rings (SSSR count). The first kappa shape index (κ1) is 17.9. The summed E-state index contributed by atoms with van der Waals surface area (Å²) >= 11 is 0. The van der Waals surface area contributed by atoms with Crippen molar-refractivity contribution in [2.24, 2.45) is 5.92 Å². The van der Waals surface area contributed by atoms with E-state index in [0.29, 0.717) is 18.4 Å². The number of piperidine rings is 1. The molecule has 0 spiro atoms. The Morgan fingerprint density at radius 2 is 1.83 bits per heavy atom. The number of hydrogen-bond donors (Lipinski definition) is 1. The summed E-state index contributed by atoms with van der Waals surface area (Å²) in [7, 11) is 0. The Hall–Kier alpha value is -1.42. The number of nitrogens with zero attached hydrogens (tertiary/aromatic N) is 1. The second-order valence-corrected chi connectivity index (χ2v) is 7.48. The maximum atomic E-state index is 13.0. The molecule has 0 radical (unpaired) electrons. The minimum atomic E-state index is -0.483. The summed E-state index contributed by atoms with van der Waals surface area (Å²) in [4.78, 5) is 14.7. The van der Waals surface area contributed by atoms with E-state index in [-0.39, 0.29) is 11.7 Å². The minimum Gasteiger partial charge on any atom is -0.354 e. The SMILES string of the molecule is CC(C)CNC(=O)C(C)(C)N1CCC(c2ccc(F)cc2)CC1. The number of carbonyl (C=O) groups is 1. The molecular formula is C19H29FN2O. The molecule has 0 bridgehead atoms. The summed E-state index contributed by atoms with van der Waals surface area (Å²) in [6.07, 6.45) is 2.01. The molecule has 128 valence electrons. The van der Waals surface area contributed by atoms with Crippen LogP contribution in [-0.2, 0) is 4.79 Å². The zero-order chi connectivity index (χ0) is 17.0. The second-order valence-electron chi connectivity index (χ2n) is 7.48. The Balaban J connectivity index is 1.92. The zero-order valence-electron chi connectivity index (χ0n) is 14.7. The molecule has 3 nitrogen and oxygen atoms in total. The predicted molar refractivity (Wildman–Crippen MR) is 91.9 cm³/mol. The van der Waals surface area contributed by atoms with Gasteiger partial charge in [0.1, 0.15) is 5.82 Å². The van der Waals surface area contributed by atoms with Gasteiger partial charge >= 0.3 is 0 Å².